The molecule has 0 aromatic rings. The number of carboxylic acid groups (broad SMARTS) is 2. The zero-order valence-corrected chi connectivity index (χ0v) is 17.7. The molecule has 0 spiro atoms. The van der Waals surface area contributed by atoms with Gasteiger partial charge in [0, 0.05) is 90.6 Å². The van der Waals surface area contributed by atoms with Crippen LogP contribution in [0.2, 0.25) is 0 Å². The number of aliphatic hydroxyl groups is 3. The van der Waals surface area contributed by atoms with Crippen LogP contribution in [0.15, 0.2) is 0 Å². The first-order valence-electron chi connectivity index (χ1n) is 9.53. The quantitative estimate of drug-likeness (QED) is 0.243. The molecule has 1 heterocycles. The van der Waals surface area contributed by atoms with Crippen molar-refractivity contribution in [3.63, 3.8) is 0 Å². The van der Waals surface area contributed by atoms with Gasteiger partial charge in [-0.25, -0.2) is 0 Å². The molecule has 4 N–H and O–H groups in total. The maximum atomic E-state index is 11.0. The van der Waals surface area contributed by atoms with Gasteiger partial charge in [0.1, 0.15) is 0 Å². The van der Waals surface area contributed by atoms with E-state index in [-0.39, 0.29) is 50.0 Å². The molecule has 11 nitrogen and oxygen atoms in total. The fourth-order valence-corrected chi connectivity index (χ4v) is 3.35. The van der Waals surface area contributed by atoms with Crippen molar-refractivity contribution >= 4 is 11.9 Å². The van der Waals surface area contributed by atoms with Crippen LogP contribution in [0.4, 0.5) is 0 Å². The molecule has 1 radical (unpaired) electrons. The Labute approximate surface area is 181 Å². The maximum absolute atomic E-state index is 11.0. The van der Waals surface area contributed by atoms with Crippen molar-refractivity contribution in [2.45, 2.75) is 6.04 Å². The number of aliphatic hydroxyl groups excluding tert-OH is 3. The van der Waals surface area contributed by atoms with E-state index in [9.17, 15) is 35.1 Å². The molecule has 1 unspecified atom stereocenters. The van der Waals surface area contributed by atoms with Crippen molar-refractivity contribution in [2.75, 3.05) is 85.3 Å². The standard InChI is InChI=1S/C17H34N4O7.Mn/c22-11-14(12-23)15(13-24)21-7-5-19(9-16(25)26)3-1-18-2-4-20(6-8-21)10-17(27)28;/h14-15,18,22-24H,1-13H2,(H,25,26)(H,27,28);/q;+2/p-2. The molecule has 1 saturated heterocycles. The van der Waals surface area contributed by atoms with Crippen LogP contribution in [0.3, 0.4) is 0 Å². The Morgan fingerprint density at radius 3 is 1.59 bits per heavy atom. The second kappa shape index (κ2) is 15.9. The van der Waals surface area contributed by atoms with Crippen LogP contribution >= 0.6 is 0 Å². The first-order chi connectivity index (χ1) is 13.4. The SMILES string of the molecule is O=C([O-])CN1CCNCCN(CC(=O)[O-])CCN(C(CO)C(CO)CO)CC1.[Mn+2]. The van der Waals surface area contributed by atoms with E-state index < -0.39 is 23.9 Å². The minimum absolute atomic E-state index is 0. The summed E-state index contributed by atoms with van der Waals surface area (Å²) in [5.41, 5.74) is 0. The second-order valence-corrected chi connectivity index (χ2v) is 6.96. The summed E-state index contributed by atoms with van der Waals surface area (Å²) in [5.74, 6) is -2.93. The van der Waals surface area contributed by atoms with Gasteiger partial charge in [-0.05, 0) is 0 Å². The number of hydrogen-bond donors (Lipinski definition) is 4. The molecule has 0 amide bonds. The largest absolute Gasteiger partial charge is 2.00 e. The minimum atomic E-state index is -1.18. The number of carboxylic acids is 2. The van der Waals surface area contributed by atoms with Gasteiger partial charge in [-0.2, -0.15) is 0 Å². The van der Waals surface area contributed by atoms with Gasteiger partial charge >= 0.3 is 17.1 Å². The van der Waals surface area contributed by atoms with Crippen molar-refractivity contribution < 1.29 is 52.2 Å². The van der Waals surface area contributed by atoms with E-state index in [2.05, 4.69) is 5.32 Å². The topological polar surface area (TPSA) is 163 Å². The van der Waals surface area contributed by atoms with E-state index in [0.717, 1.165) is 0 Å². The Morgan fingerprint density at radius 2 is 1.24 bits per heavy atom. The molecule has 1 aliphatic heterocycles. The molecule has 12 heteroatoms. The van der Waals surface area contributed by atoms with Crippen molar-refractivity contribution in [2.24, 2.45) is 5.92 Å². The third-order valence-corrected chi connectivity index (χ3v) is 4.99. The Hall–Kier alpha value is -0.821. The average Bonchev–Trinajstić information content (AvgIpc) is 2.63. The number of carbonyl (C=O) groups is 2. The summed E-state index contributed by atoms with van der Waals surface area (Å²) in [6.07, 6.45) is 0. The first-order valence-corrected chi connectivity index (χ1v) is 9.53. The van der Waals surface area contributed by atoms with E-state index in [1.54, 1.807) is 9.80 Å². The van der Waals surface area contributed by atoms with Gasteiger partial charge in [0.05, 0.1) is 18.5 Å². The van der Waals surface area contributed by atoms with Gasteiger partial charge in [0.25, 0.3) is 0 Å². The fourth-order valence-electron chi connectivity index (χ4n) is 3.35. The first kappa shape index (κ1) is 28.2. The average molecular weight is 459 g/mol. The van der Waals surface area contributed by atoms with Crippen LogP contribution < -0.4 is 15.5 Å². The molecule has 0 aromatic heterocycles. The molecule has 0 saturated carbocycles. The molecule has 29 heavy (non-hydrogen) atoms. The van der Waals surface area contributed by atoms with E-state index in [1.807, 2.05) is 4.90 Å². The summed E-state index contributed by atoms with van der Waals surface area (Å²) in [5, 5.41) is 54.0. The summed E-state index contributed by atoms with van der Waals surface area (Å²) in [6.45, 7) is 2.17. The van der Waals surface area contributed by atoms with Gasteiger partial charge in [0.15, 0.2) is 0 Å². The third-order valence-electron chi connectivity index (χ3n) is 4.99. The molecule has 169 valence electrons. The van der Waals surface area contributed by atoms with Gasteiger partial charge in [-0.3, -0.25) is 14.7 Å². The maximum Gasteiger partial charge on any atom is 2.00 e. The van der Waals surface area contributed by atoms with Crippen molar-refractivity contribution in [3.8, 4) is 0 Å². The molecular formula is C17H32MnN4O7. The number of carbonyl (C=O) groups excluding carboxylic acids is 2. The van der Waals surface area contributed by atoms with Crippen molar-refractivity contribution in [1.29, 1.82) is 0 Å². The van der Waals surface area contributed by atoms with Crippen LogP contribution in [-0.4, -0.2) is 133 Å². The smallest absolute Gasteiger partial charge is 0.549 e. The predicted octanol–water partition coefficient (Wildman–Crippen LogP) is -6.05. The normalized spacial score (nSPS) is 19.7. The minimum Gasteiger partial charge on any atom is -0.549 e. The molecule has 1 rings (SSSR count). The number of aliphatic carboxylic acids is 2. The molecule has 1 atom stereocenters. The van der Waals surface area contributed by atoms with Crippen LogP contribution in [-0.2, 0) is 26.7 Å². The predicted molar refractivity (Wildman–Crippen MR) is 95.9 cm³/mol. The zero-order valence-electron chi connectivity index (χ0n) is 16.5. The Morgan fingerprint density at radius 1 is 0.793 bits per heavy atom. The van der Waals surface area contributed by atoms with Crippen LogP contribution in [0, 0.1) is 5.92 Å². The summed E-state index contributed by atoms with van der Waals surface area (Å²) >= 11 is 0. The molecule has 0 aliphatic carbocycles. The van der Waals surface area contributed by atoms with E-state index >= 15 is 0 Å². The van der Waals surface area contributed by atoms with Crippen molar-refractivity contribution in [3.05, 3.63) is 0 Å². The molecule has 0 aromatic carbocycles. The van der Waals surface area contributed by atoms with Crippen molar-refractivity contribution in [1.82, 2.24) is 20.0 Å². The summed E-state index contributed by atoms with van der Waals surface area (Å²) in [4.78, 5) is 27.3. The number of rotatable bonds is 9. The van der Waals surface area contributed by atoms with Gasteiger partial charge < -0.3 is 40.4 Å². The third kappa shape index (κ3) is 11.2. The number of nitrogens with zero attached hydrogens (tertiary/aromatic N) is 3. The van der Waals surface area contributed by atoms with E-state index in [1.165, 1.54) is 0 Å². The monoisotopic (exact) mass is 459 g/mol. The van der Waals surface area contributed by atoms with E-state index in [4.69, 9.17) is 0 Å². The molecule has 0 bridgehead atoms. The van der Waals surface area contributed by atoms with Crippen LogP contribution in [0.5, 0.6) is 0 Å². The van der Waals surface area contributed by atoms with Gasteiger partial charge in [-0.1, -0.05) is 0 Å². The molecule has 1 aliphatic rings. The Balaban J connectivity index is 0.00000784. The zero-order chi connectivity index (χ0) is 20.9. The van der Waals surface area contributed by atoms with E-state index in [0.29, 0.717) is 52.4 Å². The number of hydrogen-bond acceptors (Lipinski definition) is 11. The summed E-state index contributed by atoms with van der Waals surface area (Å²) < 4.78 is 0. The second-order valence-electron chi connectivity index (χ2n) is 6.96. The van der Waals surface area contributed by atoms with Gasteiger partial charge in [-0.15, -0.1) is 0 Å². The molecular weight excluding hydrogens is 427 g/mol. The summed E-state index contributed by atoms with van der Waals surface area (Å²) in [7, 11) is 0. The number of nitrogens with one attached hydrogen (secondary N) is 1. The summed E-state index contributed by atoms with van der Waals surface area (Å²) in [6, 6.07) is -0.536. The molecule has 1 fully saturated rings. The fraction of sp³-hybridized carbons (Fsp3) is 0.882. The van der Waals surface area contributed by atoms with Crippen LogP contribution in [0.1, 0.15) is 0 Å². The Bertz CT molecular complexity index is 441. The van der Waals surface area contributed by atoms with Gasteiger partial charge in [0.2, 0.25) is 0 Å². The Kier molecular flexibility index (Phi) is 15.5. The van der Waals surface area contributed by atoms with Crippen LogP contribution in [0.25, 0.3) is 0 Å².